The summed E-state index contributed by atoms with van der Waals surface area (Å²) in [7, 11) is 0. The fourth-order valence-electron chi connectivity index (χ4n) is 2.56. The highest BCUT2D eigenvalue weighted by molar-refractivity contribution is 6.30. The van der Waals surface area contributed by atoms with Crippen molar-refractivity contribution in [3.05, 3.63) is 58.5 Å². The van der Waals surface area contributed by atoms with Gasteiger partial charge >= 0.3 is 0 Å². The second-order valence-corrected chi connectivity index (χ2v) is 5.92. The van der Waals surface area contributed by atoms with Crippen LogP contribution in [0.5, 0.6) is 5.75 Å². The van der Waals surface area contributed by atoms with Crippen molar-refractivity contribution in [2.75, 3.05) is 6.54 Å². The Kier molecular flexibility index (Phi) is 4.15. The van der Waals surface area contributed by atoms with Crippen LogP contribution in [0.3, 0.4) is 0 Å². The van der Waals surface area contributed by atoms with Crippen molar-refractivity contribution in [2.24, 2.45) is 0 Å². The zero-order valence-electron chi connectivity index (χ0n) is 12.8. The Labute approximate surface area is 143 Å². The van der Waals surface area contributed by atoms with Crippen molar-refractivity contribution in [1.29, 1.82) is 0 Å². The van der Waals surface area contributed by atoms with E-state index in [1.165, 1.54) is 5.56 Å². The van der Waals surface area contributed by atoms with Gasteiger partial charge in [0.15, 0.2) is 6.61 Å². The summed E-state index contributed by atoms with van der Waals surface area (Å²) in [5.41, 5.74) is 2.99. The number of pyridine rings is 1. The Balaban J connectivity index is 1.47. The van der Waals surface area contributed by atoms with Crippen LogP contribution in [0.1, 0.15) is 17.1 Å². The van der Waals surface area contributed by atoms with E-state index in [4.69, 9.17) is 20.9 Å². The van der Waals surface area contributed by atoms with E-state index in [2.05, 4.69) is 26.5 Å². The van der Waals surface area contributed by atoms with E-state index in [1.54, 1.807) is 24.3 Å². The molecule has 0 saturated heterocycles. The zero-order chi connectivity index (χ0) is 16.4. The minimum Gasteiger partial charge on any atom is -0.485 e. The maximum absolute atomic E-state index is 5.84. The molecule has 3 aromatic rings. The molecular formula is C17H15ClN4O2. The molecule has 2 aromatic heterocycles. The second kappa shape index (κ2) is 6.59. The summed E-state index contributed by atoms with van der Waals surface area (Å²) in [5, 5.41) is 7.92. The molecule has 1 aliphatic heterocycles. The van der Waals surface area contributed by atoms with Crippen LogP contribution >= 0.6 is 11.6 Å². The summed E-state index contributed by atoms with van der Waals surface area (Å²) in [4.78, 5) is 8.96. The molecule has 1 aliphatic rings. The highest BCUT2D eigenvalue weighted by atomic mass is 35.5. The summed E-state index contributed by atoms with van der Waals surface area (Å²) >= 11 is 5.84. The molecule has 0 spiro atoms. The van der Waals surface area contributed by atoms with E-state index in [1.807, 2.05) is 6.07 Å². The number of rotatable bonds is 4. The Bertz CT molecular complexity index is 848. The highest BCUT2D eigenvalue weighted by Crippen LogP contribution is 2.20. The molecule has 24 heavy (non-hydrogen) atoms. The van der Waals surface area contributed by atoms with Gasteiger partial charge in [0, 0.05) is 11.6 Å². The average molecular weight is 343 g/mol. The van der Waals surface area contributed by atoms with E-state index in [0.29, 0.717) is 28.2 Å². The quantitative estimate of drug-likeness (QED) is 0.785. The molecule has 6 nitrogen and oxygen atoms in total. The van der Waals surface area contributed by atoms with Crippen molar-refractivity contribution in [2.45, 2.75) is 19.6 Å². The number of benzene rings is 1. The van der Waals surface area contributed by atoms with Gasteiger partial charge in [-0.15, -0.1) is 0 Å². The summed E-state index contributed by atoms with van der Waals surface area (Å²) in [6, 6.07) is 11.1. The minimum absolute atomic E-state index is 0.220. The number of hydrogen-bond acceptors (Lipinski definition) is 6. The van der Waals surface area contributed by atoms with Gasteiger partial charge in [0.1, 0.15) is 11.4 Å². The van der Waals surface area contributed by atoms with Crippen molar-refractivity contribution < 1.29 is 9.26 Å². The van der Waals surface area contributed by atoms with E-state index in [0.717, 1.165) is 25.2 Å². The fourth-order valence-corrected chi connectivity index (χ4v) is 2.68. The minimum atomic E-state index is 0.220. The molecule has 3 heterocycles. The molecule has 122 valence electrons. The summed E-state index contributed by atoms with van der Waals surface area (Å²) in [5.74, 6) is 1.57. The summed E-state index contributed by atoms with van der Waals surface area (Å²) in [6.45, 7) is 1.97. The third kappa shape index (κ3) is 3.25. The first-order valence-corrected chi connectivity index (χ1v) is 8.06. The number of fused-ring (bicyclic) bond motifs is 1. The summed E-state index contributed by atoms with van der Waals surface area (Å²) in [6.07, 6.45) is 0.993. The maximum atomic E-state index is 5.84. The van der Waals surface area contributed by atoms with Gasteiger partial charge in [-0.3, -0.25) is 0 Å². The molecule has 0 amide bonds. The Morgan fingerprint density at radius 1 is 1.12 bits per heavy atom. The Morgan fingerprint density at radius 3 is 2.88 bits per heavy atom. The lowest BCUT2D eigenvalue weighted by Gasteiger charge is -2.15. The molecule has 0 fully saturated rings. The number of hydrogen-bond donors (Lipinski definition) is 1. The van der Waals surface area contributed by atoms with E-state index < -0.39 is 0 Å². The smallest absolute Gasteiger partial charge is 0.276 e. The number of halogens is 1. The normalized spacial score (nSPS) is 13.5. The van der Waals surface area contributed by atoms with Crippen LogP contribution in [0.25, 0.3) is 11.6 Å². The number of aromatic nitrogens is 3. The molecule has 1 N–H and O–H groups in total. The van der Waals surface area contributed by atoms with Gasteiger partial charge in [0.2, 0.25) is 5.82 Å². The fraction of sp³-hybridized carbons (Fsp3) is 0.235. The van der Waals surface area contributed by atoms with E-state index >= 15 is 0 Å². The molecule has 1 aromatic carbocycles. The van der Waals surface area contributed by atoms with Crippen LogP contribution < -0.4 is 10.1 Å². The number of ether oxygens (including phenoxy) is 1. The van der Waals surface area contributed by atoms with E-state index in [9.17, 15) is 0 Å². The number of nitrogens with one attached hydrogen (secondary N) is 1. The van der Waals surface area contributed by atoms with Gasteiger partial charge < -0.3 is 14.6 Å². The van der Waals surface area contributed by atoms with Crippen molar-refractivity contribution in [3.8, 4) is 17.3 Å². The molecule has 4 rings (SSSR count). The van der Waals surface area contributed by atoms with Crippen molar-refractivity contribution >= 4 is 11.6 Å². The van der Waals surface area contributed by atoms with Gasteiger partial charge in [0.05, 0.1) is 5.69 Å². The Morgan fingerprint density at radius 2 is 2.00 bits per heavy atom. The first-order chi connectivity index (χ1) is 11.8. The standard InChI is InChI=1S/C17H15ClN4O2/c18-12-2-4-13(5-3-12)23-10-16-21-17(24-22-16)14-6-1-11-7-8-19-9-15(11)20-14/h1-6,19H,7-10H2. The Hall–Kier alpha value is -2.44. The van der Waals surface area contributed by atoms with Crippen LogP contribution in [-0.2, 0) is 19.6 Å². The first-order valence-electron chi connectivity index (χ1n) is 7.69. The highest BCUT2D eigenvalue weighted by Gasteiger charge is 2.15. The maximum Gasteiger partial charge on any atom is 0.276 e. The zero-order valence-corrected chi connectivity index (χ0v) is 13.6. The van der Waals surface area contributed by atoms with E-state index in [-0.39, 0.29) is 6.61 Å². The molecular weight excluding hydrogens is 328 g/mol. The predicted octanol–water partition coefficient (Wildman–Crippen LogP) is 3.01. The molecule has 0 unspecified atom stereocenters. The van der Waals surface area contributed by atoms with Crippen molar-refractivity contribution in [1.82, 2.24) is 20.4 Å². The van der Waals surface area contributed by atoms with Gasteiger partial charge in [-0.2, -0.15) is 4.98 Å². The monoisotopic (exact) mass is 342 g/mol. The van der Waals surface area contributed by atoms with Crippen LogP contribution in [0, 0.1) is 0 Å². The van der Waals surface area contributed by atoms with Crippen LogP contribution in [-0.4, -0.2) is 21.7 Å². The lowest BCUT2D eigenvalue weighted by Crippen LogP contribution is -2.24. The molecule has 0 radical (unpaired) electrons. The number of nitrogens with zero attached hydrogens (tertiary/aromatic N) is 3. The lowest BCUT2D eigenvalue weighted by molar-refractivity contribution is 0.287. The van der Waals surface area contributed by atoms with Gasteiger partial charge in [-0.05, 0) is 48.9 Å². The third-order valence-electron chi connectivity index (χ3n) is 3.80. The second-order valence-electron chi connectivity index (χ2n) is 5.49. The first kappa shape index (κ1) is 15.1. The molecule has 0 atom stereocenters. The SMILES string of the molecule is Clc1ccc(OCc2noc(-c3ccc4c(n3)CNCC4)n2)cc1. The van der Waals surface area contributed by atoms with Gasteiger partial charge in [-0.1, -0.05) is 22.8 Å². The molecule has 0 saturated carbocycles. The van der Waals surface area contributed by atoms with Crippen molar-refractivity contribution in [3.63, 3.8) is 0 Å². The van der Waals surface area contributed by atoms with Gasteiger partial charge in [0.25, 0.3) is 5.89 Å². The predicted molar refractivity (Wildman–Crippen MR) is 88.7 cm³/mol. The third-order valence-corrected chi connectivity index (χ3v) is 4.05. The lowest BCUT2D eigenvalue weighted by atomic mass is 10.1. The largest absolute Gasteiger partial charge is 0.485 e. The molecule has 0 bridgehead atoms. The van der Waals surface area contributed by atoms with Crippen LogP contribution in [0.15, 0.2) is 40.9 Å². The molecule has 7 heteroatoms. The van der Waals surface area contributed by atoms with Crippen LogP contribution in [0.4, 0.5) is 0 Å². The van der Waals surface area contributed by atoms with Crippen LogP contribution in [0.2, 0.25) is 5.02 Å². The molecule has 0 aliphatic carbocycles. The topological polar surface area (TPSA) is 73.1 Å². The summed E-state index contributed by atoms with van der Waals surface area (Å²) < 4.78 is 10.9. The van der Waals surface area contributed by atoms with Gasteiger partial charge in [-0.25, -0.2) is 4.98 Å². The average Bonchev–Trinajstić information content (AvgIpc) is 3.10.